The molecule has 2 amide bonds. The summed E-state index contributed by atoms with van der Waals surface area (Å²) in [5, 5.41) is 11.3. The summed E-state index contributed by atoms with van der Waals surface area (Å²) < 4.78 is 27.5. The van der Waals surface area contributed by atoms with Crippen LogP contribution in [0.1, 0.15) is 12.8 Å². The van der Waals surface area contributed by atoms with Crippen molar-refractivity contribution in [3.63, 3.8) is 0 Å². The van der Waals surface area contributed by atoms with Gasteiger partial charge in [0.15, 0.2) is 0 Å². The molecule has 2 aromatic rings. The lowest BCUT2D eigenvalue weighted by Crippen LogP contribution is -2.44. The molecule has 0 aliphatic carbocycles. The number of urea groups is 1. The highest BCUT2D eigenvalue weighted by Crippen LogP contribution is 2.24. The fourth-order valence-electron chi connectivity index (χ4n) is 3.10. The van der Waals surface area contributed by atoms with E-state index in [-0.39, 0.29) is 17.7 Å². The first-order valence-electron chi connectivity index (χ1n) is 8.41. The van der Waals surface area contributed by atoms with Gasteiger partial charge in [-0.2, -0.15) is 16.4 Å². The van der Waals surface area contributed by atoms with E-state index in [4.69, 9.17) is 0 Å². The Bertz CT molecular complexity index is 861. The maximum Gasteiger partial charge on any atom is 0.323 e. The maximum atomic E-state index is 12.6. The SMILES string of the molecule is CNS(=O)(=O)CC1CCCN(C(=O)Nc2cc(-c3ccsc3)nn2C)C1. The molecule has 2 aromatic heterocycles. The number of rotatable bonds is 5. The van der Waals surface area contributed by atoms with Gasteiger partial charge in [-0.05, 0) is 37.3 Å². The van der Waals surface area contributed by atoms with Gasteiger partial charge in [-0.25, -0.2) is 17.9 Å². The van der Waals surface area contributed by atoms with E-state index in [0.29, 0.717) is 18.9 Å². The van der Waals surface area contributed by atoms with Crippen LogP contribution >= 0.6 is 11.3 Å². The van der Waals surface area contributed by atoms with Crippen LogP contribution in [0.25, 0.3) is 11.3 Å². The van der Waals surface area contributed by atoms with Crippen LogP contribution in [0.4, 0.5) is 10.6 Å². The lowest BCUT2D eigenvalue weighted by Gasteiger charge is -2.32. The van der Waals surface area contributed by atoms with Crippen molar-refractivity contribution in [3.05, 3.63) is 22.9 Å². The molecule has 0 spiro atoms. The number of anilines is 1. The standard InChI is InChI=1S/C16H23N5O3S2/c1-17-26(23,24)11-12-4-3-6-21(9-12)16(22)18-15-8-14(19-20(15)2)13-5-7-25-10-13/h5,7-8,10,12,17H,3-4,6,9,11H2,1-2H3,(H,18,22). The maximum absolute atomic E-state index is 12.6. The minimum atomic E-state index is -3.28. The molecule has 3 rings (SSSR count). The number of amides is 2. The number of hydrogen-bond donors (Lipinski definition) is 2. The zero-order valence-electron chi connectivity index (χ0n) is 14.8. The van der Waals surface area contributed by atoms with Crippen LogP contribution < -0.4 is 10.0 Å². The fourth-order valence-corrected chi connectivity index (χ4v) is 4.81. The van der Waals surface area contributed by atoms with Gasteiger partial charge in [0.2, 0.25) is 10.0 Å². The van der Waals surface area contributed by atoms with E-state index in [0.717, 1.165) is 24.1 Å². The number of aromatic nitrogens is 2. The average molecular weight is 398 g/mol. The van der Waals surface area contributed by atoms with Crippen LogP contribution in [-0.4, -0.2) is 55.0 Å². The highest BCUT2D eigenvalue weighted by atomic mass is 32.2. The van der Waals surface area contributed by atoms with Crippen molar-refractivity contribution in [2.24, 2.45) is 13.0 Å². The molecule has 3 heterocycles. The Morgan fingerprint density at radius 2 is 2.27 bits per heavy atom. The third-order valence-electron chi connectivity index (χ3n) is 4.50. The first-order chi connectivity index (χ1) is 12.4. The highest BCUT2D eigenvalue weighted by Gasteiger charge is 2.27. The lowest BCUT2D eigenvalue weighted by molar-refractivity contribution is 0.182. The van der Waals surface area contributed by atoms with Crippen LogP contribution in [-0.2, 0) is 17.1 Å². The smallest absolute Gasteiger partial charge is 0.323 e. The van der Waals surface area contributed by atoms with Gasteiger partial charge >= 0.3 is 6.03 Å². The second-order valence-corrected chi connectivity index (χ2v) is 9.17. The van der Waals surface area contributed by atoms with Crippen LogP contribution in [0.5, 0.6) is 0 Å². The molecule has 142 valence electrons. The Labute approximate surface area is 157 Å². The van der Waals surface area contributed by atoms with Gasteiger partial charge in [0.1, 0.15) is 5.82 Å². The Morgan fingerprint density at radius 1 is 1.46 bits per heavy atom. The fraction of sp³-hybridized carbons (Fsp3) is 0.500. The minimum Gasteiger partial charge on any atom is -0.324 e. The van der Waals surface area contributed by atoms with E-state index in [1.807, 2.05) is 22.9 Å². The zero-order chi connectivity index (χ0) is 18.7. The van der Waals surface area contributed by atoms with Crippen molar-refractivity contribution < 1.29 is 13.2 Å². The molecule has 1 unspecified atom stereocenters. The quantitative estimate of drug-likeness (QED) is 0.806. The number of likely N-dealkylation sites (tertiary alicyclic amines) is 1. The van der Waals surface area contributed by atoms with Crippen molar-refractivity contribution in [2.75, 3.05) is 31.2 Å². The molecule has 1 aliphatic rings. The van der Waals surface area contributed by atoms with Crippen molar-refractivity contribution in [3.8, 4) is 11.3 Å². The monoisotopic (exact) mass is 397 g/mol. The van der Waals surface area contributed by atoms with Gasteiger partial charge in [0, 0.05) is 37.1 Å². The van der Waals surface area contributed by atoms with Gasteiger partial charge in [0.05, 0.1) is 11.4 Å². The molecular weight excluding hydrogens is 374 g/mol. The average Bonchev–Trinajstić information content (AvgIpc) is 3.25. The van der Waals surface area contributed by atoms with Crippen LogP contribution in [0, 0.1) is 5.92 Å². The molecule has 1 fully saturated rings. The van der Waals surface area contributed by atoms with E-state index in [1.165, 1.54) is 7.05 Å². The van der Waals surface area contributed by atoms with Crippen molar-refractivity contribution in [2.45, 2.75) is 12.8 Å². The molecule has 1 aliphatic heterocycles. The van der Waals surface area contributed by atoms with Crippen molar-refractivity contribution in [1.29, 1.82) is 0 Å². The molecule has 2 N–H and O–H groups in total. The summed E-state index contributed by atoms with van der Waals surface area (Å²) in [5.41, 5.74) is 1.82. The molecule has 1 atom stereocenters. The third kappa shape index (κ3) is 4.43. The highest BCUT2D eigenvalue weighted by molar-refractivity contribution is 7.89. The molecular formula is C16H23N5O3S2. The summed E-state index contributed by atoms with van der Waals surface area (Å²) in [6.07, 6.45) is 1.60. The predicted octanol–water partition coefficient (Wildman–Crippen LogP) is 1.94. The first-order valence-corrected chi connectivity index (χ1v) is 11.0. The van der Waals surface area contributed by atoms with Crippen LogP contribution in [0.2, 0.25) is 0 Å². The molecule has 0 radical (unpaired) electrons. The topological polar surface area (TPSA) is 96.3 Å². The number of nitrogens with zero attached hydrogens (tertiary/aromatic N) is 3. The number of aryl methyl sites for hydroxylation is 1. The van der Waals surface area contributed by atoms with Crippen molar-refractivity contribution in [1.82, 2.24) is 19.4 Å². The van der Waals surface area contributed by atoms with E-state index in [9.17, 15) is 13.2 Å². The molecule has 10 heteroatoms. The summed E-state index contributed by atoms with van der Waals surface area (Å²) >= 11 is 1.59. The summed E-state index contributed by atoms with van der Waals surface area (Å²) in [7, 11) is -0.0826. The van der Waals surface area contributed by atoms with E-state index in [2.05, 4.69) is 15.1 Å². The predicted molar refractivity (Wildman–Crippen MR) is 103 cm³/mol. The number of thiophene rings is 1. The number of piperidine rings is 1. The molecule has 1 saturated heterocycles. The normalized spacial score (nSPS) is 18.1. The summed E-state index contributed by atoms with van der Waals surface area (Å²) in [4.78, 5) is 14.3. The largest absolute Gasteiger partial charge is 0.324 e. The Kier molecular flexibility index (Phi) is 5.64. The summed E-state index contributed by atoms with van der Waals surface area (Å²) in [6, 6.07) is 3.60. The van der Waals surface area contributed by atoms with Crippen LogP contribution in [0.3, 0.4) is 0 Å². The Hall–Kier alpha value is -1.91. The first kappa shape index (κ1) is 18.9. The van der Waals surface area contributed by atoms with Gasteiger partial charge in [0.25, 0.3) is 0 Å². The summed E-state index contributed by atoms with van der Waals surface area (Å²) in [5.74, 6) is 0.599. The summed E-state index contributed by atoms with van der Waals surface area (Å²) in [6.45, 7) is 1.05. The number of sulfonamides is 1. The number of carbonyl (C=O) groups excluding carboxylic acids is 1. The lowest BCUT2D eigenvalue weighted by atomic mass is 10.0. The molecule has 0 saturated carbocycles. The van der Waals surface area contributed by atoms with E-state index in [1.54, 1.807) is 28.0 Å². The Balaban J connectivity index is 1.64. The Morgan fingerprint density at radius 3 is 2.96 bits per heavy atom. The van der Waals surface area contributed by atoms with E-state index >= 15 is 0 Å². The number of hydrogen-bond acceptors (Lipinski definition) is 5. The zero-order valence-corrected chi connectivity index (χ0v) is 16.4. The van der Waals surface area contributed by atoms with Gasteiger partial charge in [-0.3, -0.25) is 10.00 Å². The van der Waals surface area contributed by atoms with Gasteiger partial charge in [-0.1, -0.05) is 0 Å². The van der Waals surface area contributed by atoms with Crippen LogP contribution in [0.15, 0.2) is 22.9 Å². The number of nitrogens with one attached hydrogen (secondary N) is 2. The van der Waals surface area contributed by atoms with Crippen molar-refractivity contribution >= 4 is 33.2 Å². The van der Waals surface area contributed by atoms with Gasteiger partial charge in [-0.15, -0.1) is 0 Å². The third-order valence-corrected chi connectivity index (χ3v) is 6.72. The second kappa shape index (κ2) is 7.77. The van der Waals surface area contributed by atoms with Gasteiger partial charge < -0.3 is 4.90 Å². The number of carbonyl (C=O) groups is 1. The minimum absolute atomic E-state index is 0.0430. The van der Waals surface area contributed by atoms with E-state index < -0.39 is 10.0 Å². The second-order valence-electron chi connectivity index (χ2n) is 6.42. The molecule has 0 bridgehead atoms. The molecule has 26 heavy (non-hydrogen) atoms. The molecule has 8 nitrogen and oxygen atoms in total. The molecule has 0 aromatic carbocycles.